The van der Waals surface area contributed by atoms with Gasteiger partial charge in [0.05, 0.1) is 5.69 Å². The molecule has 0 unspecified atom stereocenters. The Kier molecular flexibility index (Phi) is 6.30. The van der Waals surface area contributed by atoms with E-state index in [9.17, 15) is 4.79 Å². The molecule has 2 aromatic carbocycles. The van der Waals surface area contributed by atoms with Gasteiger partial charge in [0.25, 0.3) is 0 Å². The van der Waals surface area contributed by atoms with Crippen molar-refractivity contribution in [3.63, 3.8) is 0 Å². The topological polar surface area (TPSA) is 52.9 Å². The van der Waals surface area contributed by atoms with Crippen LogP contribution >= 0.6 is 0 Å². The first-order chi connectivity index (χ1) is 13.5. The quantitative estimate of drug-likeness (QED) is 0.474. The van der Waals surface area contributed by atoms with E-state index < -0.39 is 5.97 Å². The molecule has 4 heteroatoms. The molecule has 1 aliphatic rings. The van der Waals surface area contributed by atoms with Crippen LogP contribution in [0.5, 0.6) is 0 Å². The number of carboxylic acid groups (broad SMARTS) is 1. The largest absolute Gasteiger partial charge is 0.481 e. The van der Waals surface area contributed by atoms with Crippen molar-refractivity contribution >= 4 is 23.6 Å². The Labute approximate surface area is 167 Å². The van der Waals surface area contributed by atoms with Gasteiger partial charge < -0.3 is 10.0 Å². The molecule has 2 aromatic rings. The number of fused-ring (bicyclic) bond motifs is 1. The minimum absolute atomic E-state index is 0.0969. The Balaban J connectivity index is 1.80. The lowest BCUT2D eigenvalue weighted by atomic mass is 9.84. The van der Waals surface area contributed by atoms with Gasteiger partial charge in [-0.05, 0) is 42.7 Å². The monoisotopic (exact) mass is 376 g/mol. The standard InChI is InChI=1S/C24H28N2O2/c1-24(2)20-13-8-9-14-21(20)26(18-10-4-7-15-23(27)28)22(24)16-17-25-19-11-5-3-6-12-19/h3,5-6,8-9,11-14,16-17H,4,7,10,15,18H2,1-2H3,(H,27,28)/b22-16-,25-17?. The van der Waals surface area contributed by atoms with Crippen LogP contribution < -0.4 is 4.90 Å². The van der Waals surface area contributed by atoms with E-state index in [1.807, 2.05) is 36.5 Å². The van der Waals surface area contributed by atoms with E-state index in [1.165, 1.54) is 16.9 Å². The Morgan fingerprint density at radius 3 is 2.50 bits per heavy atom. The average Bonchev–Trinajstić information content (AvgIpc) is 2.90. The number of allylic oxidation sites excluding steroid dienone is 2. The first-order valence-corrected chi connectivity index (χ1v) is 9.89. The van der Waals surface area contributed by atoms with Crippen molar-refractivity contribution in [3.8, 4) is 0 Å². The van der Waals surface area contributed by atoms with Crippen molar-refractivity contribution in [2.75, 3.05) is 11.4 Å². The number of nitrogens with zero attached hydrogens (tertiary/aromatic N) is 2. The van der Waals surface area contributed by atoms with Gasteiger partial charge in [0.1, 0.15) is 0 Å². The number of anilines is 1. The molecule has 0 amide bonds. The SMILES string of the molecule is CC1(C)/C(=C/C=Nc2ccccc2)N(CCCCCC(=O)O)c2ccccc21. The van der Waals surface area contributed by atoms with Crippen molar-refractivity contribution in [2.24, 2.45) is 4.99 Å². The summed E-state index contributed by atoms with van der Waals surface area (Å²) in [6.07, 6.45) is 6.85. The van der Waals surface area contributed by atoms with Crippen LogP contribution in [-0.2, 0) is 10.2 Å². The van der Waals surface area contributed by atoms with Crippen LogP contribution in [0.1, 0.15) is 45.1 Å². The summed E-state index contributed by atoms with van der Waals surface area (Å²) < 4.78 is 0. The smallest absolute Gasteiger partial charge is 0.303 e. The predicted octanol–water partition coefficient (Wildman–Crippen LogP) is 5.72. The Bertz CT molecular complexity index is 869. The van der Waals surface area contributed by atoms with Gasteiger partial charge in [-0.3, -0.25) is 9.79 Å². The number of hydrogen-bond acceptors (Lipinski definition) is 3. The molecule has 0 radical (unpaired) electrons. The summed E-state index contributed by atoms with van der Waals surface area (Å²) in [4.78, 5) is 17.7. The summed E-state index contributed by atoms with van der Waals surface area (Å²) in [6, 6.07) is 18.5. The zero-order valence-corrected chi connectivity index (χ0v) is 16.6. The summed E-state index contributed by atoms with van der Waals surface area (Å²) in [5, 5.41) is 8.82. The van der Waals surface area contributed by atoms with E-state index in [0.29, 0.717) is 0 Å². The molecule has 0 saturated heterocycles. The lowest BCUT2D eigenvalue weighted by Crippen LogP contribution is -2.27. The highest BCUT2D eigenvalue weighted by Crippen LogP contribution is 2.47. The fourth-order valence-electron chi connectivity index (χ4n) is 3.81. The molecule has 3 rings (SSSR count). The summed E-state index contributed by atoms with van der Waals surface area (Å²) in [5.41, 5.74) is 4.63. The Morgan fingerprint density at radius 1 is 1.04 bits per heavy atom. The van der Waals surface area contributed by atoms with Gasteiger partial charge >= 0.3 is 5.97 Å². The van der Waals surface area contributed by atoms with Gasteiger partial charge in [-0.15, -0.1) is 0 Å². The molecular weight excluding hydrogens is 348 g/mol. The van der Waals surface area contributed by atoms with E-state index >= 15 is 0 Å². The second kappa shape index (κ2) is 8.87. The van der Waals surface area contributed by atoms with Gasteiger partial charge in [0.15, 0.2) is 0 Å². The molecule has 0 atom stereocenters. The minimum Gasteiger partial charge on any atom is -0.481 e. The van der Waals surface area contributed by atoms with Crippen LogP contribution in [0.4, 0.5) is 11.4 Å². The highest BCUT2D eigenvalue weighted by Gasteiger charge is 2.39. The van der Waals surface area contributed by atoms with Gasteiger partial charge in [-0.2, -0.15) is 0 Å². The summed E-state index contributed by atoms with van der Waals surface area (Å²) in [5.74, 6) is -0.717. The molecule has 146 valence electrons. The molecule has 4 nitrogen and oxygen atoms in total. The third kappa shape index (κ3) is 4.50. The molecule has 0 aliphatic carbocycles. The number of carboxylic acids is 1. The molecule has 1 N–H and O–H groups in total. The Hall–Kier alpha value is -2.88. The average molecular weight is 377 g/mol. The van der Waals surface area contributed by atoms with Gasteiger partial charge in [0.2, 0.25) is 0 Å². The molecule has 1 aliphatic heterocycles. The number of hydrogen-bond donors (Lipinski definition) is 1. The predicted molar refractivity (Wildman–Crippen MR) is 116 cm³/mol. The van der Waals surface area contributed by atoms with Gasteiger partial charge in [-0.25, -0.2) is 0 Å². The Morgan fingerprint density at radius 2 is 1.75 bits per heavy atom. The van der Waals surface area contributed by atoms with E-state index in [4.69, 9.17) is 5.11 Å². The van der Waals surface area contributed by atoms with E-state index in [2.05, 4.69) is 54.1 Å². The lowest BCUT2D eigenvalue weighted by Gasteiger charge is -2.27. The molecule has 0 spiro atoms. The van der Waals surface area contributed by atoms with Crippen LogP contribution in [0.25, 0.3) is 0 Å². The van der Waals surface area contributed by atoms with E-state index in [0.717, 1.165) is 31.5 Å². The highest BCUT2D eigenvalue weighted by atomic mass is 16.4. The number of aliphatic carboxylic acids is 1. The van der Waals surface area contributed by atoms with Crippen LogP contribution in [0.2, 0.25) is 0 Å². The molecule has 1 heterocycles. The zero-order valence-electron chi connectivity index (χ0n) is 16.6. The van der Waals surface area contributed by atoms with Crippen LogP contribution in [-0.4, -0.2) is 23.8 Å². The van der Waals surface area contributed by atoms with E-state index in [1.54, 1.807) is 0 Å². The van der Waals surface area contributed by atoms with Crippen LogP contribution in [0, 0.1) is 0 Å². The minimum atomic E-state index is -0.717. The summed E-state index contributed by atoms with van der Waals surface area (Å²) in [7, 11) is 0. The zero-order chi connectivity index (χ0) is 20.0. The lowest BCUT2D eigenvalue weighted by molar-refractivity contribution is -0.137. The van der Waals surface area contributed by atoms with Crippen molar-refractivity contribution in [2.45, 2.75) is 44.9 Å². The summed E-state index contributed by atoms with van der Waals surface area (Å²) in [6.45, 7) is 5.38. The van der Waals surface area contributed by atoms with Crippen molar-refractivity contribution < 1.29 is 9.90 Å². The maximum atomic E-state index is 10.7. The number of para-hydroxylation sites is 2. The molecule has 0 saturated carbocycles. The number of carbonyl (C=O) groups is 1. The molecular formula is C24H28N2O2. The number of rotatable bonds is 8. The second-order valence-corrected chi connectivity index (χ2v) is 7.66. The normalized spacial score (nSPS) is 16.6. The maximum Gasteiger partial charge on any atom is 0.303 e. The first kappa shape index (κ1) is 19.9. The summed E-state index contributed by atoms with van der Waals surface area (Å²) >= 11 is 0. The number of aliphatic imine (C=N–C) groups is 1. The van der Waals surface area contributed by atoms with E-state index in [-0.39, 0.29) is 11.8 Å². The maximum absolute atomic E-state index is 10.7. The molecule has 0 aromatic heterocycles. The highest BCUT2D eigenvalue weighted by molar-refractivity contribution is 5.81. The van der Waals surface area contributed by atoms with Crippen molar-refractivity contribution in [1.82, 2.24) is 0 Å². The van der Waals surface area contributed by atoms with Gasteiger partial charge in [-0.1, -0.05) is 56.7 Å². The van der Waals surface area contributed by atoms with Crippen LogP contribution in [0.15, 0.2) is 71.4 Å². The first-order valence-electron chi connectivity index (χ1n) is 9.89. The molecule has 0 bridgehead atoms. The number of benzene rings is 2. The molecule has 28 heavy (non-hydrogen) atoms. The fraction of sp³-hybridized carbons (Fsp3) is 0.333. The van der Waals surface area contributed by atoms with Crippen molar-refractivity contribution in [1.29, 1.82) is 0 Å². The second-order valence-electron chi connectivity index (χ2n) is 7.66. The number of unbranched alkanes of at least 4 members (excludes halogenated alkanes) is 2. The van der Waals surface area contributed by atoms with Crippen molar-refractivity contribution in [3.05, 3.63) is 71.9 Å². The third-order valence-corrected chi connectivity index (χ3v) is 5.28. The van der Waals surface area contributed by atoms with Crippen LogP contribution in [0.3, 0.4) is 0 Å². The fourth-order valence-corrected chi connectivity index (χ4v) is 3.81. The third-order valence-electron chi connectivity index (χ3n) is 5.28. The van der Waals surface area contributed by atoms with Gasteiger partial charge in [0, 0.05) is 36.0 Å². The molecule has 0 fully saturated rings.